The summed E-state index contributed by atoms with van der Waals surface area (Å²) in [7, 11) is -5.13. The molecule has 0 radical (unpaired) electrons. The highest BCUT2D eigenvalue weighted by Gasteiger charge is 2.48. The van der Waals surface area contributed by atoms with Crippen molar-refractivity contribution >= 4 is 16.3 Å². The fourth-order valence-corrected chi connectivity index (χ4v) is 8.98. The minimum Gasteiger partial charge on any atom is -0.394 e. The first-order chi connectivity index (χ1) is 32.4. The van der Waals surface area contributed by atoms with Crippen LogP contribution in [0.4, 0.5) is 0 Å². The lowest BCUT2D eigenvalue weighted by Gasteiger charge is -2.41. The molecule has 1 amide bonds. The summed E-state index contributed by atoms with van der Waals surface area (Å²) in [6.07, 6.45) is 40.8. The molecule has 0 aliphatic carbocycles. The molecular weight excluding hydrogens is 875 g/mol. The van der Waals surface area contributed by atoms with Crippen LogP contribution < -0.4 is 5.32 Å². The van der Waals surface area contributed by atoms with E-state index in [0.717, 1.165) is 64.2 Å². The van der Waals surface area contributed by atoms with Gasteiger partial charge in [0.25, 0.3) is 0 Å². The van der Waals surface area contributed by atoms with E-state index in [2.05, 4.69) is 47.7 Å². The van der Waals surface area contributed by atoms with Crippen LogP contribution in [0.2, 0.25) is 0 Å². The summed E-state index contributed by atoms with van der Waals surface area (Å²) in [5.41, 5.74) is 0. The van der Waals surface area contributed by atoms with E-state index in [1.165, 1.54) is 141 Å². The Bertz CT molecular complexity index is 1350. The predicted octanol–water partition coefficient (Wildman–Crippen LogP) is 10.8. The molecule has 0 aromatic rings. The van der Waals surface area contributed by atoms with Crippen molar-refractivity contribution in [3.05, 3.63) is 36.5 Å². The lowest BCUT2D eigenvalue weighted by Crippen LogP contribution is -2.61. The van der Waals surface area contributed by atoms with Crippen LogP contribution in [-0.2, 0) is 28.9 Å². The smallest absolute Gasteiger partial charge is 0.394 e. The number of unbranched alkanes of at least 4 members (excludes halogenated alkanes) is 29. The van der Waals surface area contributed by atoms with Crippen LogP contribution in [0.1, 0.15) is 232 Å². The van der Waals surface area contributed by atoms with Gasteiger partial charge < -0.3 is 40.3 Å². The first-order valence-corrected chi connectivity index (χ1v) is 28.3. The highest BCUT2D eigenvalue weighted by Crippen LogP contribution is 2.26. The maximum Gasteiger partial charge on any atom is 0.397 e. The second-order valence-electron chi connectivity index (χ2n) is 18.9. The molecule has 14 heteroatoms. The van der Waals surface area contributed by atoms with E-state index in [4.69, 9.17) is 9.47 Å². The normalized spacial score (nSPS) is 20.6. The Hall–Kier alpha value is -1.72. The molecule has 0 saturated carbocycles. The number of ether oxygens (including phenoxy) is 2. The summed E-state index contributed by atoms with van der Waals surface area (Å²) >= 11 is 0. The molecule has 394 valence electrons. The Labute approximate surface area is 408 Å². The van der Waals surface area contributed by atoms with Crippen LogP contribution in [0.5, 0.6) is 0 Å². The first-order valence-electron chi connectivity index (χ1n) is 27.0. The van der Waals surface area contributed by atoms with E-state index in [1.54, 1.807) is 6.08 Å². The molecule has 1 rings (SSSR count). The molecule has 0 spiro atoms. The number of amides is 1. The highest BCUT2D eigenvalue weighted by molar-refractivity contribution is 7.80. The third kappa shape index (κ3) is 35.1. The number of allylic oxidation sites excluding steroid dienone is 5. The SMILES string of the molecule is CCCCCCCCCCCC/C=C/CC/C=C/C(O)C(COC1OC(CO)C(O)C(OS(=O)(=O)O)C1O)NC(=O)C(O)CCCCCCCC/C=C\CCCCCCCCCCCCCC. The Morgan fingerprint density at radius 3 is 1.43 bits per heavy atom. The van der Waals surface area contributed by atoms with E-state index in [1.807, 2.05) is 0 Å². The molecule has 0 bridgehead atoms. The molecule has 13 nitrogen and oxygen atoms in total. The van der Waals surface area contributed by atoms with Crippen molar-refractivity contribution in [3.8, 4) is 0 Å². The van der Waals surface area contributed by atoms with Gasteiger partial charge in [-0.05, 0) is 57.8 Å². The molecule has 1 aliphatic rings. The maximum absolute atomic E-state index is 13.2. The number of aliphatic hydroxyl groups is 5. The zero-order valence-corrected chi connectivity index (χ0v) is 42.9. The number of carbonyl (C=O) groups excluding carboxylic acids is 1. The van der Waals surface area contributed by atoms with Crippen molar-refractivity contribution < 1.29 is 57.0 Å². The van der Waals surface area contributed by atoms with Gasteiger partial charge in [-0.15, -0.1) is 0 Å². The van der Waals surface area contributed by atoms with Crippen LogP contribution in [0.3, 0.4) is 0 Å². The van der Waals surface area contributed by atoms with Gasteiger partial charge in [0, 0.05) is 0 Å². The standard InChI is InChI=1S/C53H99NO12S/c1-3-5-7-9-11-13-15-17-19-21-22-23-24-25-26-28-30-32-34-36-38-40-42-47(57)52(60)54-45(44-64-53-50(59)51(66-67(61,62)63)49(58)48(43-55)65-53)46(56)41-39-37-35-33-31-29-27-20-18-16-14-12-10-8-6-4-2/h25-26,31,33,39,41,45-51,53,55-59H,3-24,27-30,32,34-38,40,42-44H2,1-2H3,(H,54,60)(H,61,62,63)/b26-25-,33-31+,41-39+. The van der Waals surface area contributed by atoms with Crippen molar-refractivity contribution in [2.24, 2.45) is 0 Å². The van der Waals surface area contributed by atoms with E-state index >= 15 is 0 Å². The molecule has 67 heavy (non-hydrogen) atoms. The molecule has 1 heterocycles. The lowest BCUT2D eigenvalue weighted by atomic mass is 9.99. The third-order valence-corrected chi connectivity index (χ3v) is 13.2. The van der Waals surface area contributed by atoms with E-state index < -0.39 is 78.5 Å². The minimum absolute atomic E-state index is 0.230. The van der Waals surface area contributed by atoms with Gasteiger partial charge in [0.1, 0.15) is 30.5 Å². The third-order valence-electron chi connectivity index (χ3n) is 12.8. The van der Waals surface area contributed by atoms with E-state index in [-0.39, 0.29) is 6.42 Å². The number of rotatable bonds is 46. The largest absolute Gasteiger partial charge is 0.397 e. The minimum atomic E-state index is -5.13. The molecule has 1 aliphatic heterocycles. The van der Waals surface area contributed by atoms with Gasteiger partial charge in [0.05, 0.1) is 25.4 Å². The van der Waals surface area contributed by atoms with Crippen molar-refractivity contribution in [1.82, 2.24) is 5.32 Å². The summed E-state index contributed by atoms with van der Waals surface area (Å²) < 4.78 is 47.6. The monoisotopic (exact) mass is 974 g/mol. The van der Waals surface area contributed by atoms with Crippen molar-refractivity contribution in [3.63, 3.8) is 0 Å². The van der Waals surface area contributed by atoms with Crippen LogP contribution in [0.15, 0.2) is 36.5 Å². The zero-order chi connectivity index (χ0) is 49.2. The predicted molar refractivity (Wildman–Crippen MR) is 270 cm³/mol. The van der Waals surface area contributed by atoms with Gasteiger partial charge in [-0.2, -0.15) is 8.42 Å². The maximum atomic E-state index is 13.2. The highest BCUT2D eigenvalue weighted by atomic mass is 32.3. The topological polar surface area (TPSA) is 212 Å². The lowest BCUT2D eigenvalue weighted by molar-refractivity contribution is -0.298. The fraction of sp³-hybridized carbons (Fsp3) is 0.868. The average molecular weight is 974 g/mol. The van der Waals surface area contributed by atoms with Crippen LogP contribution >= 0.6 is 0 Å². The Morgan fingerprint density at radius 2 is 1.00 bits per heavy atom. The summed E-state index contributed by atoms with van der Waals surface area (Å²) in [5.74, 6) is -0.715. The van der Waals surface area contributed by atoms with Crippen LogP contribution in [-0.4, -0.2) is 107 Å². The molecule has 1 fully saturated rings. The van der Waals surface area contributed by atoms with Gasteiger partial charge in [-0.3, -0.25) is 9.35 Å². The van der Waals surface area contributed by atoms with E-state index in [9.17, 15) is 43.3 Å². The molecule has 1 saturated heterocycles. The van der Waals surface area contributed by atoms with Crippen molar-refractivity contribution in [2.75, 3.05) is 13.2 Å². The second kappa shape index (κ2) is 43.1. The number of nitrogens with one attached hydrogen (secondary N) is 1. The van der Waals surface area contributed by atoms with Gasteiger partial charge in [-0.1, -0.05) is 211 Å². The summed E-state index contributed by atoms with van der Waals surface area (Å²) in [5, 5.41) is 55.4. The van der Waals surface area contributed by atoms with Crippen molar-refractivity contribution in [1.29, 1.82) is 0 Å². The van der Waals surface area contributed by atoms with Gasteiger partial charge in [0.15, 0.2) is 6.29 Å². The summed E-state index contributed by atoms with van der Waals surface area (Å²) in [6.45, 7) is 3.22. The fourth-order valence-electron chi connectivity index (χ4n) is 8.47. The molecule has 8 unspecified atom stereocenters. The molecule has 7 N–H and O–H groups in total. The Balaban J connectivity index is 2.49. The van der Waals surface area contributed by atoms with Crippen molar-refractivity contribution in [2.45, 2.75) is 281 Å². The van der Waals surface area contributed by atoms with Gasteiger partial charge >= 0.3 is 10.4 Å². The van der Waals surface area contributed by atoms with Gasteiger partial charge in [0.2, 0.25) is 5.91 Å². The summed E-state index contributed by atoms with van der Waals surface area (Å²) in [4.78, 5) is 13.2. The first kappa shape index (κ1) is 63.3. The quantitative estimate of drug-likeness (QED) is 0.0173. The molecular formula is C53H99NO12S. The zero-order valence-electron chi connectivity index (χ0n) is 42.1. The summed E-state index contributed by atoms with van der Waals surface area (Å²) in [6, 6.07) is -1.14. The van der Waals surface area contributed by atoms with Crippen LogP contribution in [0.25, 0.3) is 0 Å². The second-order valence-corrected chi connectivity index (χ2v) is 20.0. The number of hydrogen-bond acceptors (Lipinski definition) is 11. The van der Waals surface area contributed by atoms with Gasteiger partial charge in [-0.25, -0.2) is 4.18 Å². The Kier molecular flexibility index (Phi) is 40.7. The Morgan fingerprint density at radius 1 is 0.597 bits per heavy atom. The number of aliphatic hydroxyl groups excluding tert-OH is 5. The number of carbonyl (C=O) groups is 1. The molecule has 8 atom stereocenters. The molecule has 0 aromatic heterocycles. The number of hydrogen-bond donors (Lipinski definition) is 7. The average Bonchev–Trinajstić information content (AvgIpc) is 3.30. The van der Waals surface area contributed by atoms with Crippen LogP contribution in [0, 0.1) is 0 Å². The van der Waals surface area contributed by atoms with E-state index in [0.29, 0.717) is 12.8 Å². The molecule has 0 aromatic carbocycles.